The summed E-state index contributed by atoms with van der Waals surface area (Å²) in [4.78, 5) is 22.1. The van der Waals surface area contributed by atoms with Crippen LogP contribution in [-0.4, -0.2) is 43.8 Å². The zero-order valence-electron chi connectivity index (χ0n) is 16.2. The van der Waals surface area contributed by atoms with Gasteiger partial charge in [0, 0.05) is 36.6 Å². The number of urea groups is 1. The van der Waals surface area contributed by atoms with Crippen molar-refractivity contribution < 1.29 is 4.79 Å². The van der Waals surface area contributed by atoms with Gasteiger partial charge in [-0.1, -0.05) is 12.1 Å². The summed E-state index contributed by atoms with van der Waals surface area (Å²) < 4.78 is 3.09. The molecule has 4 N–H and O–H groups in total. The predicted octanol–water partition coefficient (Wildman–Crippen LogP) is 3.52. The van der Waals surface area contributed by atoms with Crippen molar-refractivity contribution >= 4 is 33.4 Å². The quantitative estimate of drug-likeness (QED) is 0.527. The van der Waals surface area contributed by atoms with Crippen molar-refractivity contribution in [1.29, 1.82) is 0 Å². The number of benzene rings is 1. The summed E-state index contributed by atoms with van der Waals surface area (Å²) in [5.41, 5.74) is 15.3. The Morgan fingerprint density at radius 1 is 1.13 bits per heavy atom. The summed E-state index contributed by atoms with van der Waals surface area (Å²) in [6, 6.07) is 9.95. The van der Waals surface area contributed by atoms with E-state index < -0.39 is 0 Å². The van der Waals surface area contributed by atoms with E-state index in [9.17, 15) is 4.79 Å². The van der Waals surface area contributed by atoms with Crippen molar-refractivity contribution in [1.82, 2.24) is 24.6 Å². The molecule has 0 saturated carbocycles. The first-order valence-electron chi connectivity index (χ1n) is 9.79. The van der Waals surface area contributed by atoms with Crippen LogP contribution in [-0.2, 0) is 0 Å². The van der Waals surface area contributed by atoms with Crippen molar-refractivity contribution in [2.45, 2.75) is 18.9 Å². The second-order valence-corrected chi connectivity index (χ2v) is 8.44. The third kappa shape index (κ3) is 3.37. The number of nitrogens with zero attached hydrogens (tertiary/aromatic N) is 5. The fraction of sp³-hybridized carbons (Fsp3) is 0.238. The molecular formula is C21H21N7OS. The van der Waals surface area contributed by atoms with Gasteiger partial charge >= 0.3 is 6.03 Å². The Balaban J connectivity index is 1.42. The van der Waals surface area contributed by atoms with Crippen LogP contribution < -0.4 is 11.5 Å². The number of carbonyl (C=O) groups is 1. The Morgan fingerprint density at radius 3 is 2.70 bits per heavy atom. The monoisotopic (exact) mass is 419 g/mol. The lowest BCUT2D eigenvalue weighted by atomic mass is 10.1. The number of para-hydroxylation sites is 1. The Kier molecular flexibility index (Phi) is 4.59. The van der Waals surface area contributed by atoms with E-state index in [1.54, 1.807) is 22.4 Å². The molecule has 1 saturated heterocycles. The number of carbonyl (C=O) groups excluding carboxylic acids is 1. The van der Waals surface area contributed by atoms with Crippen LogP contribution in [0.15, 0.2) is 48.9 Å². The molecule has 4 aromatic rings. The summed E-state index contributed by atoms with van der Waals surface area (Å²) in [6.45, 7) is 1.31. The third-order valence-corrected chi connectivity index (χ3v) is 6.60. The Labute approximate surface area is 177 Å². The first-order valence-corrected chi connectivity index (χ1v) is 10.6. The number of primary amides is 1. The number of likely N-dealkylation sites (tertiary alicyclic amines) is 1. The standard InChI is InChI=1S/C21H21N7OS/c22-19-16(20-26-17-3-1-2-4-18(17)30-20)9-13(10-24-19)14-11-25-28(12-14)15-5-7-27(8-6-15)21(23)29/h1-4,9-12,15H,5-8H2,(H2,22,24)(H2,23,29). The number of hydrogen-bond acceptors (Lipinski definition) is 6. The molecule has 0 aliphatic carbocycles. The molecule has 1 aromatic carbocycles. The summed E-state index contributed by atoms with van der Waals surface area (Å²) in [6.07, 6.45) is 7.31. The van der Waals surface area contributed by atoms with Crippen LogP contribution in [0.25, 0.3) is 31.9 Å². The fourth-order valence-electron chi connectivity index (χ4n) is 3.83. The van der Waals surface area contributed by atoms with Gasteiger partial charge in [-0.05, 0) is 31.0 Å². The number of rotatable bonds is 3. The molecule has 0 bridgehead atoms. The molecule has 5 rings (SSSR count). The number of piperidine rings is 1. The normalized spacial score (nSPS) is 15.0. The van der Waals surface area contributed by atoms with E-state index in [0.29, 0.717) is 18.9 Å². The van der Waals surface area contributed by atoms with Gasteiger partial charge in [-0.25, -0.2) is 14.8 Å². The average molecular weight is 420 g/mol. The summed E-state index contributed by atoms with van der Waals surface area (Å²) in [7, 11) is 0. The number of fused-ring (bicyclic) bond motifs is 1. The van der Waals surface area contributed by atoms with Gasteiger partial charge in [-0.15, -0.1) is 11.3 Å². The van der Waals surface area contributed by atoms with Crippen LogP contribution >= 0.6 is 11.3 Å². The lowest BCUT2D eigenvalue weighted by molar-refractivity contribution is 0.177. The molecule has 4 heterocycles. The summed E-state index contributed by atoms with van der Waals surface area (Å²) in [5, 5.41) is 5.41. The van der Waals surface area contributed by atoms with Crippen LogP contribution in [0, 0.1) is 0 Å². The molecule has 0 radical (unpaired) electrons. The van der Waals surface area contributed by atoms with Gasteiger partial charge < -0.3 is 16.4 Å². The number of thiazole rings is 1. The van der Waals surface area contributed by atoms with E-state index in [2.05, 4.69) is 16.1 Å². The highest BCUT2D eigenvalue weighted by Gasteiger charge is 2.23. The maximum Gasteiger partial charge on any atom is 0.314 e. The Hall–Kier alpha value is -3.46. The van der Waals surface area contributed by atoms with E-state index in [1.807, 2.05) is 41.3 Å². The Morgan fingerprint density at radius 2 is 1.93 bits per heavy atom. The van der Waals surface area contributed by atoms with Gasteiger partial charge in [-0.3, -0.25) is 4.68 Å². The highest BCUT2D eigenvalue weighted by atomic mass is 32.1. The number of aromatic nitrogens is 4. The number of pyridine rings is 1. The largest absolute Gasteiger partial charge is 0.383 e. The summed E-state index contributed by atoms with van der Waals surface area (Å²) >= 11 is 1.60. The highest BCUT2D eigenvalue weighted by molar-refractivity contribution is 7.21. The van der Waals surface area contributed by atoms with Gasteiger partial charge in [0.1, 0.15) is 10.8 Å². The van der Waals surface area contributed by atoms with Crippen molar-refractivity contribution in [3.63, 3.8) is 0 Å². The van der Waals surface area contributed by atoms with Crippen LogP contribution in [0.3, 0.4) is 0 Å². The number of amides is 2. The molecule has 152 valence electrons. The van der Waals surface area contributed by atoms with Crippen molar-refractivity contribution in [3.8, 4) is 21.7 Å². The van der Waals surface area contributed by atoms with Crippen LogP contribution in [0.5, 0.6) is 0 Å². The average Bonchev–Trinajstić information content (AvgIpc) is 3.41. The highest BCUT2D eigenvalue weighted by Crippen LogP contribution is 2.35. The first kappa shape index (κ1) is 18.6. The van der Waals surface area contributed by atoms with Gasteiger partial charge in [0.05, 0.1) is 28.0 Å². The lowest BCUT2D eigenvalue weighted by Crippen LogP contribution is -2.42. The van der Waals surface area contributed by atoms with Crippen molar-refractivity contribution in [2.75, 3.05) is 18.8 Å². The number of anilines is 1. The SMILES string of the molecule is NC(=O)N1CCC(n2cc(-c3cnc(N)c(-c4nc5ccccc5s4)c3)cn2)CC1. The molecule has 3 aromatic heterocycles. The van der Waals surface area contributed by atoms with Crippen LogP contribution in [0.4, 0.5) is 10.6 Å². The predicted molar refractivity (Wildman–Crippen MR) is 118 cm³/mol. The van der Waals surface area contributed by atoms with E-state index in [4.69, 9.17) is 16.5 Å². The second kappa shape index (κ2) is 7.42. The zero-order valence-corrected chi connectivity index (χ0v) is 17.0. The Bertz CT molecular complexity index is 1190. The smallest absolute Gasteiger partial charge is 0.314 e. The van der Waals surface area contributed by atoms with Gasteiger partial charge in [0.25, 0.3) is 0 Å². The molecule has 2 amide bonds. The maximum atomic E-state index is 11.3. The molecule has 9 heteroatoms. The molecule has 0 atom stereocenters. The fourth-order valence-corrected chi connectivity index (χ4v) is 4.82. The van der Waals surface area contributed by atoms with Gasteiger partial charge in [0.2, 0.25) is 0 Å². The van der Waals surface area contributed by atoms with Crippen LogP contribution in [0.2, 0.25) is 0 Å². The topological polar surface area (TPSA) is 116 Å². The minimum atomic E-state index is -0.357. The zero-order chi connectivity index (χ0) is 20.7. The molecule has 1 aliphatic heterocycles. The van der Waals surface area contributed by atoms with E-state index in [-0.39, 0.29) is 12.1 Å². The second-order valence-electron chi connectivity index (χ2n) is 7.41. The number of hydrogen-bond donors (Lipinski definition) is 2. The molecule has 0 spiro atoms. The molecule has 1 aliphatic rings. The van der Waals surface area contributed by atoms with Crippen molar-refractivity contribution in [3.05, 3.63) is 48.9 Å². The molecule has 30 heavy (non-hydrogen) atoms. The molecule has 0 unspecified atom stereocenters. The van der Waals surface area contributed by atoms with E-state index in [1.165, 1.54) is 0 Å². The number of nitrogen functional groups attached to an aromatic ring is 1. The minimum absolute atomic E-state index is 0.250. The maximum absolute atomic E-state index is 11.3. The van der Waals surface area contributed by atoms with Crippen molar-refractivity contribution in [2.24, 2.45) is 5.73 Å². The minimum Gasteiger partial charge on any atom is -0.383 e. The third-order valence-electron chi connectivity index (χ3n) is 5.53. The number of nitrogens with two attached hydrogens (primary N) is 2. The van der Waals surface area contributed by atoms with E-state index in [0.717, 1.165) is 44.8 Å². The summed E-state index contributed by atoms with van der Waals surface area (Å²) in [5.74, 6) is 0.462. The molecule has 8 nitrogen and oxygen atoms in total. The lowest BCUT2D eigenvalue weighted by Gasteiger charge is -2.30. The van der Waals surface area contributed by atoms with Gasteiger partial charge in [-0.2, -0.15) is 5.10 Å². The molecular weight excluding hydrogens is 398 g/mol. The van der Waals surface area contributed by atoms with Gasteiger partial charge in [0.15, 0.2) is 0 Å². The first-order chi connectivity index (χ1) is 14.6. The van der Waals surface area contributed by atoms with E-state index >= 15 is 0 Å². The van der Waals surface area contributed by atoms with Crippen LogP contribution in [0.1, 0.15) is 18.9 Å². The molecule has 1 fully saturated rings.